The van der Waals surface area contributed by atoms with E-state index in [2.05, 4.69) is 46.6 Å². The molecule has 0 fully saturated rings. The second kappa shape index (κ2) is 7.03. The summed E-state index contributed by atoms with van der Waals surface area (Å²) in [5.74, 6) is 0.411. The van der Waals surface area contributed by atoms with E-state index >= 15 is 0 Å². The van der Waals surface area contributed by atoms with E-state index in [0.717, 1.165) is 39.8 Å². The van der Waals surface area contributed by atoms with Gasteiger partial charge in [0.1, 0.15) is 11.8 Å². The number of anilines is 1. The number of nitrogens with two attached hydrogens (primary N) is 1. The lowest BCUT2D eigenvalue weighted by Crippen LogP contribution is -2.03. The first-order valence-electron chi connectivity index (χ1n) is 9.46. The number of aromatic nitrogens is 5. The van der Waals surface area contributed by atoms with Crippen molar-refractivity contribution in [2.24, 2.45) is 0 Å². The minimum absolute atomic E-state index is 0.0401. The first-order valence-corrected chi connectivity index (χ1v) is 9.46. The molecule has 0 saturated heterocycles. The SMILES string of the molecule is Nc1ncnn2c(CCO)cc(-c3ccc4cn(Cc5ccccc5)nc4c3)c12. The van der Waals surface area contributed by atoms with Crippen LogP contribution in [0.4, 0.5) is 5.82 Å². The van der Waals surface area contributed by atoms with Crippen LogP contribution in [0.2, 0.25) is 0 Å². The van der Waals surface area contributed by atoms with E-state index < -0.39 is 0 Å². The second-order valence-corrected chi connectivity index (χ2v) is 7.01. The average Bonchev–Trinajstić information content (AvgIpc) is 3.30. The van der Waals surface area contributed by atoms with Gasteiger partial charge in [0.05, 0.1) is 12.1 Å². The van der Waals surface area contributed by atoms with Crippen molar-refractivity contribution in [3.05, 3.63) is 78.4 Å². The van der Waals surface area contributed by atoms with E-state index in [1.54, 1.807) is 4.52 Å². The van der Waals surface area contributed by atoms with Crippen LogP contribution in [-0.4, -0.2) is 36.1 Å². The Bertz CT molecular complexity index is 1310. The Balaban J connectivity index is 1.59. The summed E-state index contributed by atoms with van der Waals surface area (Å²) >= 11 is 0. The molecule has 0 unspecified atom stereocenters. The molecule has 5 rings (SSSR count). The highest BCUT2D eigenvalue weighted by atomic mass is 16.3. The van der Waals surface area contributed by atoms with Crippen molar-refractivity contribution in [1.29, 1.82) is 0 Å². The van der Waals surface area contributed by atoms with E-state index in [4.69, 9.17) is 10.8 Å². The van der Waals surface area contributed by atoms with Crippen molar-refractivity contribution in [1.82, 2.24) is 24.4 Å². The fourth-order valence-electron chi connectivity index (χ4n) is 3.73. The Morgan fingerprint density at radius 3 is 2.72 bits per heavy atom. The third-order valence-corrected chi connectivity index (χ3v) is 5.08. The van der Waals surface area contributed by atoms with Gasteiger partial charge < -0.3 is 10.8 Å². The predicted octanol–water partition coefficient (Wildman–Crippen LogP) is 2.91. The second-order valence-electron chi connectivity index (χ2n) is 7.01. The highest BCUT2D eigenvalue weighted by molar-refractivity contribution is 5.92. The maximum Gasteiger partial charge on any atom is 0.151 e. The van der Waals surface area contributed by atoms with Gasteiger partial charge in [-0.1, -0.05) is 42.5 Å². The molecule has 5 aromatic rings. The van der Waals surface area contributed by atoms with E-state index in [0.29, 0.717) is 12.2 Å². The number of aliphatic hydroxyl groups is 1. The molecule has 3 aromatic heterocycles. The van der Waals surface area contributed by atoms with Gasteiger partial charge in [-0.15, -0.1) is 0 Å². The minimum atomic E-state index is 0.0401. The van der Waals surface area contributed by atoms with Crippen molar-refractivity contribution in [3.8, 4) is 11.1 Å². The van der Waals surface area contributed by atoms with Gasteiger partial charge in [0.25, 0.3) is 0 Å². The fourth-order valence-corrected chi connectivity index (χ4v) is 3.73. The van der Waals surface area contributed by atoms with Gasteiger partial charge in [0.15, 0.2) is 5.82 Å². The highest BCUT2D eigenvalue weighted by Gasteiger charge is 2.15. The zero-order valence-electron chi connectivity index (χ0n) is 15.7. The van der Waals surface area contributed by atoms with Crippen LogP contribution in [0.25, 0.3) is 27.5 Å². The van der Waals surface area contributed by atoms with E-state index in [1.165, 1.54) is 11.9 Å². The molecule has 0 aliphatic carbocycles. The van der Waals surface area contributed by atoms with Gasteiger partial charge in [-0.05, 0) is 23.3 Å². The molecule has 0 aliphatic rings. The number of hydrogen-bond donors (Lipinski definition) is 2. The molecule has 0 bridgehead atoms. The van der Waals surface area contributed by atoms with Crippen molar-refractivity contribution in [2.45, 2.75) is 13.0 Å². The Morgan fingerprint density at radius 1 is 1.03 bits per heavy atom. The van der Waals surface area contributed by atoms with Crippen LogP contribution < -0.4 is 5.73 Å². The summed E-state index contributed by atoms with van der Waals surface area (Å²) < 4.78 is 3.71. The first kappa shape index (κ1) is 17.4. The Morgan fingerprint density at radius 2 is 1.90 bits per heavy atom. The molecule has 3 N–H and O–H groups in total. The number of nitrogens with zero attached hydrogens (tertiary/aromatic N) is 5. The van der Waals surface area contributed by atoms with Crippen LogP contribution >= 0.6 is 0 Å². The first-order chi connectivity index (χ1) is 14.2. The molecule has 0 saturated carbocycles. The van der Waals surface area contributed by atoms with Crippen LogP contribution in [0.15, 0.2) is 67.1 Å². The molecular weight excluding hydrogens is 364 g/mol. The zero-order chi connectivity index (χ0) is 19.8. The summed E-state index contributed by atoms with van der Waals surface area (Å²) in [4.78, 5) is 4.14. The van der Waals surface area contributed by atoms with Crippen LogP contribution in [-0.2, 0) is 13.0 Å². The number of hydrogen-bond acceptors (Lipinski definition) is 5. The molecule has 29 heavy (non-hydrogen) atoms. The van der Waals surface area contributed by atoms with Gasteiger partial charge in [-0.3, -0.25) is 4.68 Å². The third kappa shape index (κ3) is 3.11. The molecule has 0 atom stereocenters. The number of aliphatic hydroxyl groups excluding tert-OH is 1. The third-order valence-electron chi connectivity index (χ3n) is 5.08. The van der Waals surface area contributed by atoms with Gasteiger partial charge in [-0.2, -0.15) is 10.2 Å². The molecule has 0 amide bonds. The monoisotopic (exact) mass is 384 g/mol. The topological polar surface area (TPSA) is 94.3 Å². The zero-order valence-corrected chi connectivity index (χ0v) is 15.7. The van der Waals surface area contributed by atoms with Crippen molar-refractivity contribution in [3.63, 3.8) is 0 Å². The molecule has 0 aliphatic heterocycles. The Kier molecular flexibility index (Phi) is 4.22. The maximum atomic E-state index is 9.39. The molecule has 7 heteroatoms. The maximum absolute atomic E-state index is 9.39. The molecular formula is C22H20N6O. The van der Waals surface area contributed by atoms with Crippen molar-refractivity contribution >= 4 is 22.2 Å². The number of nitrogen functional groups attached to an aromatic ring is 1. The summed E-state index contributed by atoms with van der Waals surface area (Å²) in [7, 11) is 0. The lowest BCUT2D eigenvalue weighted by molar-refractivity contribution is 0.297. The largest absolute Gasteiger partial charge is 0.396 e. The van der Waals surface area contributed by atoms with Crippen molar-refractivity contribution < 1.29 is 5.11 Å². The van der Waals surface area contributed by atoms with E-state index in [1.807, 2.05) is 28.9 Å². The fraction of sp³-hybridized carbons (Fsp3) is 0.136. The number of rotatable bonds is 5. The number of benzene rings is 2. The highest BCUT2D eigenvalue weighted by Crippen LogP contribution is 2.32. The van der Waals surface area contributed by atoms with Gasteiger partial charge >= 0.3 is 0 Å². The molecule has 7 nitrogen and oxygen atoms in total. The lowest BCUT2D eigenvalue weighted by atomic mass is 10.1. The molecule has 2 aromatic carbocycles. The van der Waals surface area contributed by atoms with Crippen LogP contribution in [0.1, 0.15) is 11.3 Å². The molecule has 0 spiro atoms. The standard InChI is InChI=1S/C22H20N6O/c23-22-21-19(11-18(8-9-29)28(21)25-14-24-22)16-6-7-17-13-27(26-20(17)10-16)12-15-4-2-1-3-5-15/h1-7,10-11,13-14,29H,8-9,12H2,(H2,23,24,25). The summed E-state index contributed by atoms with van der Waals surface area (Å²) in [5, 5.41) is 19.5. The Hall–Kier alpha value is -3.71. The Labute approximate surface area is 167 Å². The summed E-state index contributed by atoms with van der Waals surface area (Å²) in [6.07, 6.45) is 3.98. The summed E-state index contributed by atoms with van der Waals surface area (Å²) in [6.45, 7) is 0.764. The van der Waals surface area contributed by atoms with E-state index in [9.17, 15) is 5.11 Å². The average molecular weight is 384 g/mol. The lowest BCUT2D eigenvalue weighted by Gasteiger charge is -2.03. The summed E-state index contributed by atoms with van der Waals surface area (Å²) in [6, 6.07) is 18.5. The van der Waals surface area contributed by atoms with Gasteiger partial charge in [0.2, 0.25) is 0 Å². The van der Waals surface area contributed by atoms with Crippen molar-refractivity contribution in [2.75, 3.05) is 12.3 Å². The minimum Gasteiger partial charge on any atom is -0.396 e. The summed E-state index contributed by atoms with van der Waals surface area (Å²) in [5.41, 5.74) is 11.8. The predicted molar refractivity (Wildman–Crippen MR) is 112 cm³/mol. The van der Waals surface area contributed by atoms with Crippen LogP contribution in [0, 0.1) is 0 Å². The van der Waals surface area contributed by atoms with Crippen LogP contribution in [0.3, 0.4) is 0 Å². The quantitative estimate of drug-likeness (QED) is 0.486. The van der Waals surface area contributed by atoms with Gasteiger partial charge in [-0.25, -0.2) is 9.50 Å². The molecule has 144 valence electrons. The van der Waals surface area contributed by atoms with Crippen LogP contribution in [0.5, 0.6) is 0 Å². The molecule has 3 heterocycles. The number of fused-ring (bicyclic) bond motifs is 2. The smallest absolute Gasteiger partial charge is 0.151 e. The molecule has 0 radical (unpaired) electrons. The van der Waals surface area contributed by atoms with E-state index in [-0.39, 0.29) is 6.61 Å². The normalized spacial score (nSPS) is 11.5. The van der Waals surface area contributed by atoms with Gasteiger partial charge in [0, 0.05) is 35.9 Å².